The molecule has 5 nitrogen and oxygen atoms in total. The summed E-state index contributed by atoms with van der Waals surface area (Å²) in [5.41, 5.74) is 0.908. The number of nitrogens with one attached hydrogen (secondary N) is 1. The first-order valence-corrected chi connectivity index (χ1v) is 7.62. The van der Waals surface area contributed by atoms with E-state index in [0.717, 1.165) is 30.9 Å². The van der Waals surface area contributed by atoms with Crippen LogP contribution in [0, 0.1) is 0 Å². The van der Waals surface area contributed by atoms with Gasteiger partial charge in [0, 0.05) is 24.8 Å². The number of carbonyl (C=O) groups excluding carboxylic acids is 1. The van der Waals surface area contributed by atoms with E-state index in [1.165, 1.54) is 0 Å². The van der Waals surface area contributed by atoms with Crippen LogP contribution in [0.25, 0.3) is 0 Å². The van der Waals surface area contributed by atoms with Crippen LogP contribution in [0.3, 0.4) is 0 Å². The fraction of sp³-hybridized carbons (Fsp3) is 0.562. The Kier molecular flexibility index (Phi) is 6.34. The van der Waals surface area contributed by atoms with Crippen molar-refractivity contribution in [3.8, 4) is 5.75 Å². The van der Waals surface area contributed by atoms with Gasteiger partial charge in [-0.05, 0) is 18.6 Å². The summed E-state index contributed by atoms with van der Waals surface area (Å²) in [6, 6.07) is 7.75. The lowest BCUT2D eigenvalue weighted by Crippen LogP contribution is -2.43. The number of ether oxygens (including phenoxy) is 2. The monoisotopic (exact) mass is 292 g/mol. The van der Waals surface area contributed by atoms with Gasteiger partial charge in [0.1, 0.15) is 5.75 Å². The van der Waals surface area contributed by atoms with Crippen LogP contribution < -0.4 is 10.1 Å². The molecule has 5 heteroatoms. The fourth-order valence-electron chi connectivity index (χ4n) is 2.13. The van der Waals surface area contributed by atoms with E-state index in [0.29, 0.717) is 32.8 Å². The Bertz CT molecular complexity index is 445. The number of morpholine rings is 1. The van der Waals surface area contributed by atoms with Crippen molar-refractivity contribution in [1.82, 2.24) is 4.90 Å². The standard InChI is InChI=1S/C16H24N2O3/c1-2-3-9-21-15-6-4-5-14(12-15)17-13-16(19)18-7-10-20-11-8-18/h4-6,12,17H,2-3,7-11,13H2,1H3. The van der Waals surface area contributed by atoms with Crippen LogP contribution in [-0.4, -0.2) is 50.3 Å². The Labute approximate surface area is 126 Å². The van der Waals surface area contributed by atoms with Gasteiger partial charge in [-0.1, -0.05) is 19.4 Å². The third kappa shape index (κ3) is 5.27. The fourth-order valence-corrected chi connectivity index (χ4v) is 2.13. The molecule has 1 aliphatic heterocycles. The molecule has 2 rings (SSSR count). The first kappa shape index (κ1) is 15.6. The number of unbranched alkanes of at least 4 members (excludes halogenated alkanes) is 1. The average Bonchev–Trinajstić information content (AvgIpc) is 2.54. The molecule has 21 heavy (non-hydrogen) atoms. The number of rotatable bonds is 7. The first-order valence-electron chi connectivity index (χ1n) is 7.62. The van der Waals surface area contributed by atoms with Crippen molar-refractivity contribution in [2.24, 2.45) is 0 Å². The molecular formula is C16H24N2O3. The lowest BCUT2D eigenvalue weighted by Gasteiger charge is -2.27. The Balaban J connectivity index is 1.79. The van der Waals surface area contributed by atoms with Gasteiger partial charge in [0.15, 0.2) is 0 Å². The van der Waals surface area contributed by atoms with Gasteiger partial charge in [0.25, 0.3) is 0 Å². The van der Waals surface area contributed by atoms with Gasteiger partial charge in [0.2, 0.25) is 5.91 Å². The van der Waals surface area contributed by atoms with Crippen molar-refractivity contribution in [2.45, 2.75) is 19.8 Å². The summed E-state index contributed by atoms with van der Waals surface area (Å²) in [6.07, 6.45) is 2.17. The maximum Gasteiger partial charge on any atom is 0.242 e. The molecule has 1 N–H and O–H groups in total. The Morgan fingerprint density at radius 1 is 1.38 bits per heavy atom. The van der Waals surface area contributed by atoms with Gasteiger partial charge in [-0.2, -0.15) is 0 Å². The van der Waals surface area contributed by atoms with E-state index in [4.69, 9.17) is 9.47 Å². The zero-order valence-corrected chi connectivity index (χ0v) is 12.6. The number of nitrogens with zero attached hydrogens (tertiary/aromatic N) is 1. The van der Waals surface area contributed by atoms with Gasteiger partial charge < -0.3 is 19.7 Å². The highest BCUT2D eigenvalue weighted by atomic mass is 16.5. The molecule has 116 valence electrons. The first-order chi connectivity index (χ1) is 10.3. The Hall–Kier alpha value is -1.75. The number of amides is 1. The van der Waals surface area contributed by atoms with Crippen LogP contribution in [0.15, 0.2) is 24.3 Å². The third-order valence-corrected chi connectivity index (χ3v) is 3.41. The highest BCUT2D eigenvalue weighted by Gasteiger charge is 2.16. The van der Waals surface area contributed by atoms with Crippen molar-refractivity contribution in [1.29, 1.82) is 0 Å². The highest BCUT2D eigenvalue weighted by Crippen LogP contribution is 2.17. The van der Waals surface area contributed by atoms with Crippen molar-refractivity contribution >= 4 is 11.6 Å². The molecule has 1 aromatic carbocycles. The Morgan fingerprint density at radius 2 is 2.19 bits per heavy atom. The smallest absolute Gasteiger partial charge is 0.242 e. The molecule has 0 spiro atoms. The van der Waals surface area contributed by atoms with Crippen LogP contribution >= 0.6 is 0 Å². The molecular weight excluding hydrogens is 268 g/mol. The maximum absolute atomic E-state index is 12.0. The molecule has 0 saturated carbocycles. The average molecular weight is 292 g/mol. The van der Waals surface area contributed by atoms with Crippen LogP contribution in [0.2, 0.25) is 0 Å². The summed E-state index contributed by atoms with van der Waals surface area (Å²) < 4.78 is 10.9. The zero-order chi connectivity index (χ0) is 14.9. The molecule has 0 radical (unpaired) electrons. The molecule has 0 aromatic heterocycles. The van der Waals surface area contributed by atoms with Crippen molar-refractivity contribution in [3.05, 3.63) is 24.3 Å². The lowest BCUT2D eigenvalue weighted by molar-refractivity contribution is -0.133. The van der Waals surface area contributed by atoms with E-state index in [1.807, 2.05) is 29.2 Å². The lowest BCUT2D eigenvalue weighted by atomic mass is 10.3. The number of hydrogen-bond donors (Lipinski definition) is 1. The molecule has 0 unspecified atom stereocenters. The third-order valence-electron chi connectivity index (χ3n) is 3.41. The van der Waals surface area contributed by atoms with Crippen molar-refractivity contribution in [2.75, 3.05) is 44.8 Å². The molecule has 1 amide bonds. The number of carbonyl (C=O) groups is 1. The summed E-state index contributed by atoms with van der Waals surface area (Å²) in [6.45, 7) is 5.80. The molecule has 1 aliphatic rings. The van der Waals surface area contributed by atoms with Gasteiger partial charge in [-0.3, -0.25) is 4.79 Å². The van der Waals surface area contributed by atoms with Crippen LogP contribution in [0.1, 0.15) is 19.8 Å². The maximum atomic E-state index is 12.0. The van der Waals surface area contributed by atoms with E-state index >= 15 is 0 Å². The van der Waals surface area contributed by atoms with Crippen molar-refractivity contribution < 1.29 is 14.3 Å². The predicted octanol–water partition coefficient (Wildman–Crippen LogP) is 2.14. The van der Waals surface area contributed by atoms with E-state index in [-0.39, 0.29) is 5.91 Å². The molecule has 1 heterocycles. The number of hydrogen-bond acceptors (Lipinski definition) is 4. The van der Waals surface area contributed by atoms with Crippen LogP contribution in [0.5, 0.6) is 5.75 Å². The minimum absolute atomic E-state index is 0.107. The second-order valence-electron chi connectivity index (χ2n) is 5.08. The Morgan fingerprint density at radius 3 is 2.95 bits per heavy atom. The molecule has 1 fully saturated rings. The summed E-state index contributed by atoms with van der Waals surface area (Å²) >= 11 is 0. The van der Waals surface area contributed by atoms with E-state index in [1.54, 1.807) is 0 Å². The SMILES string of the molecule is CCCCOc1cccc(NCC(=O)N2CCOCC2)c1. The highest BCUT2D eigenvalue weighted by molar-refractivity contribution is 5.81. The van der Waals surface area contributed by atoms with Crippen LogP contribution in [0.4, 0.5) is 5.69 Å². The molecule has 0 bridgehead atoms. The van der Waals surface area contributed by atoms with Crippen LogP contribution in [-0.2, 0) is 9.53 Å². The van der Waals surface area contributed by atoms with Gasteiger partial charge in [0.05, 0.1) is 26.4 Å². The van der Waals surface area contributed by atoms with Crippen molar-refractivity contribution in [3.63, 3.8) is 0 Å². The quantitative estimate of drug-likeness (QED) is 0.782. The summed E-state index contributed by atoms with van der Waals surface area (Å²) in [5, 5.41) is 3.16. The molecule has 1 saturated heterocycles. The topological polar surface area (TPSA) is 50.8 Å². The zero-order valence-electron chi connectivity index (χ0n) is 12.6. The summed E-state index contributed by atoms with van der Waals surface area (Å²) in [5.74, 6) is 0.947. The van der Waals surface area contributed by atoms with E-state index in [9.17, 15) is 4.79 Å². The van der Waals surface area contributed by atoms with Gasteiger partial charge in [-0.15, -0.1) is 0 Å². The normalized spacial score (nSPS) is 14.8. The van der Waals surface area contributed by atoms with E-state index < -0.39 is 0 Å². The minimum atomic E-state index is 0.107. The minimum Gasteiger partial charge on any atom is -0.494 e. The molecule has 0 atom stereocenters. The number of benzene rings is 1. The summed E-state index contributed by atoms with van der Waals surface area (Å²) in [4.78, 5) is 13.9. The molecule has 0 aliphatic carbocycles. The predicted molar refractivity (Wildman–Crippen MR) is 82.7 cm³/mol. The number of anilines is 1. The second-order valence-corrected chi connectivity index (χ2v) is 5.08. The summed E-state index contributed by atoms with van der Waals surface area (Å²) in [7, 11) is 0. The van der Waals surface area contributed by atoms with Gasteiger partial charge >= 0.3 is 0 Å². The second kappa shape index (κ2) is 8.52. The largest absolute Gasteiger partial charge is 0.494 e. The van der Waals surface area contributed by atoms with Gasteiger partial charge in [-0.25, -0.2) is 0 Å². The molecule has 1 aromatic rings. The van der Waals surface area contributed by atoms with E-state index in [2.05, 4.69) is 12.2 Å².